The first-order valence-electron chi connectivity index (χ1n) is 13.7. The van der Waals surface area contributed by atoms with Crippen LogP contribution in [0.2, 0.25) is 0 Å². The van der Waals surface area contributed by atoms with Gasteiger partial charge in [-0.15, -0.1) is 0 Å². The number of likely N-dealkylation sites (N-methyl/N-ethyl adjacent to an activating group) is 1. The predicted octanol–water partition coefficient (Wildman–Crippen LogP) is 5.73. The number of piperidine rings is 1. The molecule has 0 aromatic rings. The highest BCUT2D eigenvalue weighted by atomic mass is 16.5. The van der Waals surface area contributed by atoms with Crippen molar-refractivity contribution < 1.29 is 9.84 Å². The van der Waals surface area contributed by atoms with E-state index in [1.165, 1.54) is 45.1 Å². The smallest absolute Gasteiger partial charge is 0.0765 e. The van der Waals surface area contributed by atoms with Gasteiger partial charge in [-0.2, -0.15) is 0 Å². The summed E-state index contributed by atoms with van der Waals surface area (Å²) in [5, 5.41) is 10.3. The van der Waals surface area contributed by atoms with Gasteiger partial charge < -0.3 is 14.7 Å². The van der Waals surface area contributed by atoms with Gasteiger partial charge in [0.05, 0.1) is 17.8 Å². The maximum absolute atomic E-state index is 10.3. The highest BCUT2D eigenvalue weighted by Crippen LogP contribution is 2.63. The van der Waals surface area contributed by atoms with Crippen molar-refractivity contribution in [2.45, 2.75) is 109 Å². The molecule has 0 amide bonds. The van der Waals surface area contributed by atoms with Crippen LogP contribution in [0.25, 0.3) is 0 Å². The van der Waals surface area contributed by atoms with Gasteiger partial charge in [-0.25, -0.2) is 0 Å². The standard InChI is InChI=1S/C29H45NO2/c1-17-12-26-27(30(5)16-17)19(3)29(32-26)11-9-22-23-7-6-20-13-21(31)8-10-28(20,4)25(23)14-24(22)18(2)15-29/h6,17,19,21-23,25-27,31H,7-16H2,1-5H3/t17-,19+,21-,22-,23-,25-,26+,27-,28-,29?/m0/s1. The molecular formula is C29H45NO2. The number of hydrogen-bond donors (Lipinski definition) is 1. The summed E-state index contributed by atoms with van der Waals surface area (Å²) < 4.78 is 7.10. The molecule has 0 aromatic heterocycles. The molecule has 2 saturated carbocycles. The minimum absolute atomic E-state index is 0.0547. The van der Waals surface area contributed by atoms with Crippen LogP contribution in [0.15, 0.2) is 22.8 Å². The molecular weight excluding hydrogens is 394 g/mol. The number of fused-ring (bicyclic) bond motifs is 6. The summed E-state index contributed by atoms with van der Waals surface area (Å²) in [5.74, 6) is 3.71. The van der Waals surface area contributed by atoms with Crippen molar-refractivity contribution in [3.8, 4) is 0 Å². The quantitative estimate of drug-likeness (QED) is 0.489. The second kappa shape index (κ2) is 7.43. The summed E-state index contributed by atoms with van der Waals surface area (Å²) in [6.45, 7) is 11.1. The second-order valence-electron chi connectivity index (χ2n) is 13.2. The Morgan fingerprint density at radius 1 is 1.16 bits per heavy atom. The number of hydrogen-bond acceptors (Lipinski definition) is 3. The fraction of sp³-hybridized carbons (Fsp3) is 0.862. The van der Waals surface area contributed by atoms with Crippen LogP contribution in [-0.4, -0.2) is 47.4 Å². The zero-order valence-electron chi connectivity index (χ0n) is 21.1. The van der Waals surface area contributed by atoms with Crippen LogP contribution < -0.4 is 0 Å². The Morgan fingerprint density at radius 2 is 1.97 bits per heavy atom. The summed E-state index contributed by atoms with van der Waals surface area (Å²) in [5.41, 5.74) is 5.44. The van der Waals surface area contributed by atoms with Crippen molar-refractivity contribution in [3.05, 3.63) is 22.8 Å². The summed E-state index contributed by atoms with van der Waals surface area (Å²) >= 11 is 0. The first kappa shape index (κ1) is 21.9. The monoisotopic (exact) mass is 439 g/mol. The largest absolute Gasteiger partial charge is 0.393 e. The van der Waals surface area contributed by atoms with Gasteiger partial charge in [-0.3, -0.25) is 0 Å². The number of rotatable bonds is 0. The molecule has 6 rings (SSSR count). The Bertz CT molecular complexity index is 846. The third kappa shape index (κ3) is 3.02. The average molecular weight is 440 g/mol. The van der Waals surface area contributed by atoms with Crippen LogP contribution in [0.5, 0.6) is 0 Å². The van der Waals surface area contributed by atoms with Gasteiger partial charge >= 0.3 is 0 Å². The number of aliphatic hydroxyl groups excluding tert-OH is 1. The molecule has 10 atom stereocenters. The highest BCUT2D eigenvalue weighted by Gasteiger charge is 2.58. The molecule has 1 unspecified atom stereocenters. The third-order valence-electron chi connectivity index (χ3n) is 11.4. The normalized spacial score (nSPS) is 53.4. The number of allylic oxidation sites excluding steroid dienone is 2. The SMILES string of the molecule is CC1=C2C[C@H]3[C@@H](CC=C4C[C@@H](O)CC[C@@]43C)[C@@H]2CCC2(C1)O[C@@H]1C[C@H](C)CN(C)[C@H]1[C@H]2C. The molecule has 178 valence electrons. The molecule has 4 aliphatic carbocycles. The van der Waals surface area contributed by atoms with E-state index in [-0.39, 0.29) is 11.7 Å². The maximum atomic E-state index is 10.3. The van der Waals surface area contributed by atoms with E-state index < -0.39 is 0 Å². The summed E-state index contributed by atoms with van der Waals surface area (Å²) in [6, 6.07) is 0.599. The van der Waals surface area contributed by atoms with Gasteiger partial charge in [-0.05, 0) is 101 Å². The van der Waals surface area contributed by atoms with Crippen molar-refractivity contribution in [1.82, 2.24) is 4.90 Å². The Labute approximate surface area is 195 Å². The minimum Gasteiger partial charge on any atom is -0.393 e. The van der Waals surface area contributed by atoms with Gasteiger partial charge in [0.1, 0.15) is 0 Å². The number of ether oxygens (including phenoxy) is 1. The molecule has 2 heterocycles. The Kier molecular flexibility index (Phi) is 5.07. The first-order chi connectivity index (χ1) is 15.2. The average Bonchev–Trinajstić information content (AvgIpc) is 3.19. The van der Waals surface area contributed by atoms with Crippen molar-refractivity contribution in [1.29, 1.82) is 0 Å². The van der Waals surface area contributed by atoms with Gasteiger partial charge in [-0.1, -0.05) is 43.6 Å². The van der Waals surface area contributed by atoms with Crippen LogP contribution in [0.4, 0.5) is 0 Å². The fourth-order valence-corrected chi connectivity index (χ4v) is 9.81. The molecule has 3 nitrogen and oxygen atoms in total. The lowest BCUT2D eigenvalue weighted by Gasteiger charge is -2.49. The molecule has 3 heteroatoms. The third-order valence-corrected chi connectivity index (χ3v) is 11.4. The van der Waals surface area contributed by atoms with E-state index in [2.05, 4.69) is 45.7 Å². The van der Waals surface area contributed by atoms with Crippen LogP contribution in [0.1, 0.15) is 85.5 Å². The molecule has 0 aromatic carbocycles. The maximum Gasteiger partial charge on any atom is 0.0765 e. The second-order valence-corrected chi connectivity index (χ2v) is 13.2. The number of aliphatic hydroxyl groups is 1. The number of likely N-dealkylation sites (tertiary alicyclic amines) is 1. The molecule has 0 radical (unpaired) electrons. The zero-order valence-corrected chi connectivity index (χ0v) is 21.1. The minimum atomic E-state index is -0.107. The van der Waals surface area contributed by atoms with Crippen molar-refractivity contribution in [2.24, 2.45) is 35.0 Å². The fourth-order valence-electron chi connectivity index (χ4n) is 9.81. The number of nitrogens with zero attached hydrogens (tertiary/aromatic N) is 1. The van der Waals surface area contributed by atoms with E-state index in [1.807, 2.05) is 5.57 Å². The van der Waals surface area contributed by atoms with Crippen LogP contribution in [0, 0.1) is 35.0 Å². The zero-order chi connectivity index (χ0) is 22.4. The van der Waals surface area contributed by atoms with Crippen LogP contribution in [0.3, 0.4) is 0 Å². The van der Waals surface area contributed by atoms with Gasteiger partial charge in [0.15, 0.2) is 0 Å². The Hall–Kier alpha value is -0.640. The molecule has 0 bridgehead atoms. The van der Waals surface area contributed by atoms with E-state index >= 15 is 0 Å². The molecule has 32 heavy (non-hydrogen) atoms. The topological polar surface area (TPSA) is 32.7 Å². The van der Waals surface area contributed by atoms with Gasteiger partial charge in [0, 0.05) is 18.5 Å². The summed E-state index contributed by atoms with van der Waals surface area (Å²) in [6.07, 6.45) is 13.5. The lowest BCUT2D eigenvalue weighted by Crippen LogP contribution is -2.49. The van der Waals surface area contributed by atoms with E-state index in [1.54, 1.807) is 11.1 Å². The van der Waals surface area contributed by atoms with E-state index in [4.69, 9.17) is 4.74 Å². The van der Waals surface area contributed by atoms with Crippen molar-refractivity contribution in [3.63, 3.8) is 0 Å². The highest BCUT2D eigenvalue weighted by molar-refractivity contribution is 5.34. The lowest BCUT2D eigenvalue weighted by atomic mass is 9.56. The van der Waals surface area contributed by atoms with E-state index in [0.717, 1.165) is 42.9 Å². The predicted molar refractivity (Wildman–Crippen MR) is 129 cm³/mol. The van der Waals surface area contributed by atoms with Crippen molar-refractivity contribution >= 4 is 0 Å². The van der Waals surface area contributed by atoms with Gasteiger partial charge in [0.25, 0.3) is 0 Å². The van der Waals surface area contributed by atoms with Crippen molar-refractivity contribution in [2.75, 3.05) is 13.6 Å². The Balaban J connectivity index is 1.29. The molecule has 6 aliphatic rings. The van der Waals surface area contributed by atoms with Crippen LogP contribution >= 0.6 is 0 Å². The summed E-state index contributed by atoms with van der Waals surface area (Å²) in [4.78, 5) is 2.62. The van der Waals surface area contributed by atoms with Gasteiger partial charge in [0.2, 0.25) is 0 Å². The van der Waals surface area contributed by atoms with Crippen LogP contribution in [-0.2, 0) is 4.74 Å². The molecule has 4 fully saturated rings. The lowest BCUT2D eigenvalue weighted by molar-refractivity contribution is -0.0777. The molecule has 2 aliphatic heterocycles. The van der Waals surface area contributed by atoms with E-state index in [0.29, 0.717) is 23.5 Å². The van der Waals surface area contributed by atoms with E-state index in [9.17, 15) is 5.11 Å². The molecule has 1 N–H and O–H groups in total. The summed E-state index contributed by atoms with van der Waals surface area (Å²) in [7, 11) is 2.33. The molecule has 1 spiro atoms. The first-order valence-corrected chi connectivity index (χ1v) is 13.7. The molecule has 2 saturated heterocycles. The Morgan fingerprint density at radius 3 is 2.78 bits per heavy atom.